The van der Waals surface area contributed by atoms with E-state index in [0.29, 0.717) is 17.4 Å². The number of hydrogen-bond donors (Lipinski definition) is 1. The number of ether oxygens (including phenoxy) is 2. The highest BCUT2D eigenvalue weighted by Gasteiger charge is 2.13. The molecule has 0 saturated carbocycles. The van der Waals surface area contributed by atoms with Crippen molar-refractivity contribution < 1.29 is 14.3 Å². The Bertz CT molecular complexity index is 697. The number of hydrogen-bond acceptors (Lipinski definition) is 3. The highest BCUT2D eigenvalue weighted by atomic mass is 16.5. The molecule has 0 aromatic heterocycles. The summed E-state index contributed by atoms with van der Waals surface area (Å²) in [6.45, 7) is 4.31. The van der Waals surface area contributed by atoms with E-state index in [9.17, 15) is 4.79 Å². The van der Waals surface area contributed by atoms with Gasteiger partial charge in [-0.15, -0.1) is 0 Å². The molecule has 0 fully saturated rings. The smallest absolute Gasteiger partial charge is 0.228 e. The maximum atomic E-state index is 12.5. The van der Waals surface area contributed by atoms with Crippen LogP contribution in [-0.4, -0.2) is 20.1 Å². The van der Waals surface area contributed by atoms with Gasteiger partial charge in [0, 0.05) is 17.3 Å². The molecule has 1 amide bonds. The average molecular weight is 327 g/mol. The number of benzene rings is 2. The van der Waals surface area contributed by atoms with E-state index in [1.807, 2.05) is 30.3 Å². The summed E-state index contributed by atoms with van der Waals surface area (Å²) >= 11 is 0. The second kappa shape index (κ2) is 8.39. The van der Waals surface area contributed by atoms with E-state index in [1.165, 1.54) is 0 Å². The second-order valence-electron chi connectivity index (χ2n) is 5.80. The first-order valence-corrected chi connectivity index (χ1v) is 8.18. The number of anilines is 1. The van der Waals surface area contributed by atoms with Gasteiger partial charge < -0.3 is 14.8 Å². The fourth-order valence-electron chi connectivity index (χ4n) is 2.63. The number of methoxy groups -OCH3 is 2. The molecule has 1 N–H and O–H groups in total. The molecule has 0 radical (unpaired) electrons. The Kier molecular flexibility index (Phi) is 6.24. The van der Waals surface area contributed by atoms with E-state index < -0.39 is 0 Å². The van der Waals surface area contributed by atoms with Crippen LogP contribution in [0.15, 0.2) is 42.5 Å². The van der Waals surface area contributed by atoms with Gasteiger partial charge in [0.05, 0.1) is 20.6 Å². The molecule has 2 aromatic carbocycles. The summed E-state index contributed by atoms with van der Waals surface area (Å²) in [7, 11) is 3.20. The van der Waals surface area contributed by atoms with Crippen LogP contribution in [0.1, 0.15) is 37.3 Å². The minimum absolute atomic E-state index is 0.0609. The fourth-order valence-corrected chi connectivity index (χ4v) is 2.63. The molecule has 0 saturated heterocycles. The Morgan fingerprint density at radius 1 is 1.12 bits per heavy atom. The Morgan fingerprint density at radius 3 is 2.54 bits per heavy atom. The standard InChI is InChI=1S/C20H25NO3/c1-5-14(2)17-8-6-7-9-18(17)21-20(22)12-15-10-11-16(23-3)13-19(15)24-4/h6-11,13-14H,5,12H2,1-4H3,(H,21,22). The van der Waals surface area contributed by atoms with Gasteiger partial charge in [-0.3, -0.25) is 4.79 Å². The van der Waals surface area contributed by atoms with Crippen LogP contribution in [0.3, 0.4) is 0 Å². The third-order valence-electron chi connectivity index (χ3n) is 4.22. The van der Waals surface area contributed by atoms with E-state index in [1.54, 1.807) is 20.3 Å². The molecule has 0 bridgehead atoms. The number of carbonyl (C=O) groups is 1. The van der Waals surface area contributed by atoms with Crippen molar-refractivity contribution in [1.29, 1.82) is 0 Å². The van der Waals surface area contributed by atoms with E-state index >= 15 is 0 Å². The lowest BCUT2D eigenvalue weighted by atomic mass is 9.97. The summed E-state index contributed by atoms with van der Waals surface area (Å²) < 4.78 is 10.5. The van der Waals surface area contributed by atoms with Crippen LogP contribution in [-0.2, 0) is 11.2 Å². The molecular formula is C20H25NO3. The first-order valence-electron chi connectivity index (χ1n) is 8.18. The SMILES string of the molecule is CCC(C)c1ccccc1NC(=O)Cc1ccc(OC)cc1OC. The zero-order chi connectivity index (χ0) is 17.5. The van der Waals surface area contributed by atoms with Crippen molar-refractivity contribution >= 4 is 11.6 Å². The molecule has 24 heavy (non-hydrogen) atoms. The number of nitrogens with one attached hydrogen (secondary N) is 1. The third-order valence-corrected chi connectivity index (χ3v) is 4.22. The van der Waals surface area contributed by atoms with Crippen LogP contribution in [0.4, 0.5) is 5.69 Å². The molecule has 4 nitrogen and oxygen atoms in total. The molecule has 0 aliphatic carbocycles. The van der Waals surface area contributed by atoms with Gasteiger partial charge in [-0.2, -0.15) is 0 Å². The number of carbonyl (C=O) groups excluding carboxylic acids is 1. The van der Waals surface area contributed by atoms with Crippen LogP contribution in [0.2, 0.25) is 0 Å². The summed E-state index contributed by atoms with van der Waals surface area (Å²) in [4.78, 5) is 12.5. The molecular weight excluding hydrogens is 302 g/mol. The van der Waals surface area contributed by atoms with Crippen LogP contribution in [0, 0.1) is 0 Å². The van der Waals surface area contributed by atoms with Crippen molar-refractivity contribution in [3.8, 4) is 11.5 Å². The van der Waals surface area contributed by atoms with Crippen molar-refractivity contribution in [2.24, 2.45) is 0 Å². The largest absolute Gasteiger partial charge is 0.497 e. The minimum Gasteiger partial charge on any atom is -0.497 e. The van der Waals surface area contributed by atoms with Crippen LogP contribution in [0.25, 0.3) is 0 Å². The number of amides is 1. The van der Waals surface area contributed by atoms with Gasteiger partial charge in [-0.25, -0.2) is 0 Å². The monoisotopic (exact) mass is 327 g/mol. The fraction of sp³-hybridized carbons (Fsp3) is 0.350. The van der Waals surface area contributed by atoms with E-state index in [2.05, 4.69) is 25.2 Å². The zero-order valence-corrected chi connectivity index (χ0v) is 14.8. The van der Waals surface area contributed by atoms with E-state index in [0.717, 1.165) is 23.2 Å². The van der Waals surface area contributed by atoms with Crippen LogP contribution in [0.5, 0.6) is 11.5 Å². The Hall–Kier alpha value is -2.49. The van der Waals surface area contributed by atoms with Gasteiger partial charge >= 0.3 is 0 Å². The molecule has 0 aliphatic rings. The third kappa shape index (κ3) is 4.28. The summed E-state index contributed by atoms with van der Waals surface area (Å²) in [5, 5.41) is 3.03. The summed E-state index contributed by atoms with van der Waals surface area (Å²) in [5.41, 5.74) is 2.87. The summed E-state index contributed by atoms with van der Waals surface area (Å²) in [6.07, 6.45) is 1.28. The Labute approximate surface area is 143 Å². The topological polar surface area (TPSA) is 47.6 Å². The van der Waals surface area contributed by atoms with Crippen molar-refractivity contribution in [3.63, 3.8) is 0 Å². The molecule has 2 rings (SSSR count). The predicted molar refractivity (Wildman–Crippen MR) is 97.0 cm³/mol. The Balaban J connectivity index is 2.15. The first kappa shape index (κ1) is 17.9. The van der Waals surface area contributed by atoms with Gasteiger partial charge in [-0.05, 0) is 30.0 Å². The van der Waals surface area contributed by atoms with Gasteiger partial charge in [0.25, 0.3) is 0 Å². The summed E-state index contributed by atoms with van der Waals surface area (Å²) in [6, 6.07) is 13.4. The highest BCUT2D eigenvalue weighted by Crippen LogP contribution is 2.28. The van der Waals surface area contributed by atoms with Crippen molar-refractivity contribution in [2.75, 3.05) is 19.5 Å². The molecule has 0 aliphatic heterocycles. The summed E-state index contributed by atoms with van der Waals surface area (Å²) in [5.74, 6) is 1.70. The average Bonchev–Trinajstić information content (AvgIpc) is 2.61. The van der Waals surface area contributed by atoms with Crippen LogP contribution >= 0.6 is 0 Å². The quantitative estimate of drug-likeness (QED) is 0.820. The first-order chi connectivity index (χ1) is 11.6. The maximum Gasteiger partial charge on any atom is 0.228 e. The molecule has 1 atom stereocenters. The van der Waals surface area contributed by atoms with Crippen LogP contribution < -0.4 is 14.8 Å². The number of rotatable bonds is 7. The molecule has 128 valence electrons. The lowest BCUT2D eigenvalue weighted by Crippen LogP contribution is -2.16. The van der Waals surface area contributed by atoms with Gasteiger partial charge in [-0.1, -0.05) is 38.1 Å². The maximum absolute atomic E-state index is 12.5. The van der Waals surface area contributed by atoms with Crippen molar-refractivity contribution in [1.82, 2.24) is 0 Å². The predicted octanol–water partition coefficient (Wildman–Crippen LogP) is 4.40. The molecule has 1 unspecified atom stereocenters. The number of para-hydroxylation sites is 1. The Morgan fingerprint density at radius 2 is 1.88 bits per heavy atom. The molecule has 2 aromatic rings. The second-order valence-corrected chi connectivity index (χ2v) is 5.80. The van der Waals surface area contributed by atoms with Gasteiger partial charge in [0.2, 0.25) is 5.91 Å². The van der Waals surface area contributed by atoms with Gasteiger partial charge in [0.15, 0.2) is 0 Å². The normalized spacial score (nSPS) is 11.7. The zero-order valence-electron chi connectivity index (χ0n) is 14.8. The molecule has 4 heteroatoms. The minimum atomic E-state index is -0.0609. The van der Waals surface area contributed by atoms with E-state index in [4.69, 9.17) is 9.47 Å². The van der Waals surface area contributed by atoms with Gasteiger partial charge in [0.1, 0.15) is 11.5 Å². The molecule has 0 heterocycles. The lowest BCUT2D eigenvalue weighted by molar-refractivity contribution is -0.115. The van der Waals surface area contributed by atoms with Crippen molar-refractivity contribution in [2.45, 2.75) is 32.6 Å². The highest BCUT2D eigenvalue weighted by molar-refractivity contribution is 5.93. The molecule has 0 spiro atoms. The lowest BCUT2D eigenvalue weighted by Gasteiger charge is -2.16. The van der Waals surface area contributed by atoms with Crippen molar-refractivity contribution in [3.05, 3.63) is 53.6 Å². The van der Waals surface area contributed by atoms with E-state index in [-0.39, 0.29) is 12.3 Å².